The normalized spacial score (nSPS) is 11.2. The second kappa shape index (κ2) is 8.85. The second-order valence-corrected chi connectivity index (χ2v) is 6.12. The van der Waals surface area contributed by atoms with Crippen molar-refractivity contribution in [2.24, 2.45) is 7.05 Å². The van der Waals surface area contributed by atoms with E-state index in [2.05, 4.69) is 53.6 Å². The Labute approximate surface area is 145 Å². The number of ether oxygens (including phenoxy) is 1. The second-order valence-electron chi connectivity index (χ2n) is 6.12. The Bertz CT molecular complexity index is 647. The number of hydrogen-bond acceptors (Lipinski definition) is 4. The molecule has 132 valence electrons. The zero-order valence-corrected chi connectivity index (χ0v) is 15.6. The summed E-state index contributed by atoms with van der Waals surface area (Å²) < 4.78 is 7.39. The molecule has 2 rings (SSSR count). The molecule has 1 aromatic carbocycles. The van der Waals surface area contributed by atoms with Crippen molar-refractivity contribution in [1.29, 1.82) is 0 Å². The standard InChI is InChI=1S/C19H30N4O/c1-6-23(7-2)14-17-10-16(8-9-19(17)24-5)11-20-12-18-13-22(4)21-15(18)3/h8-10,13,20H,6-7,11-12,14H2,1-5H3. The predicted molar refractivity (Wildman–Crippen MR) is 98.1 cm³/mol. The minimum Gasteiger partial charge on any atom is -0.496 e. The fourth-order valence-electron chi connectivity index (χ4n) is 2.92. The van der Waals surface area contributed by atoms with E-state index in [-0.39, 0.29) is 0 Å². The van der Waals surface area contributed by atoms with E-state index >= 15 is 0 Å². The van der Waals surface area contributed by atoms with Crippen molar-refractivity contribution in [2.45, 2.75) is 40.4 Å². The highest BCUT2D eigenvalue weighted by molar-refractivity contribution is 5.37. The van der Waals surface area contributed by atoms with Crippen LogP contribution in [0, 0.1) is 6.92 Å². The molecular formula is C19H30N4O. The van der Waals surface area contributed by atoms with E-state index in [0.717, 1.165) is 44.2 Å². The largest absolute Gasteiger partial charge is 0.496 e. The van der Waals surface area contributed by atoms with Gasteiger partial charge >= 0.3 is 0 Å². The summed E-state index contributed by atoms with van der Waals surface area (Å²) in [4.78, 5) is 2.40. The SMILES string of the molecule is CCN(CC)Cc1cc(CNCc2cn(C)nc2C)ccc1OC. The lowest BCUT2D eigenvalue weighted by molar-refractivity contribution is 0.289. The maximum atomic E-state index is 5.52. The molecule has 0 aliphatic heterocycles. The Hall–Kier alpha value is -1.85. The lowest BCUT2D eigenvalue weighted by atomic mass is 10.1. The fourth-order valence-corrected chi connectivity index (χ4v) is 2.92. The third-order valence-corrected chi connectivity index (χ3v) is 4.39. The van der Waals surface area contributed by atoms with E-state index in [0.29, 0.717) is 0 Å². The number of nitrogens with zero attached hydrogens (tertiary/aromatic N) is 3. The summed E-state index contributed by atoms with van der Waals surface area (Å²) in [6.45, 7) is 11.1. The van der Waals surface area contributed by atoms with Gasteiger partial charge in [-0.1, -0.05) is 19.9 Å². The summed E-state index contributed by atoms with van der Waals surface area (Å²) in [6.07, 6.45) is 2.07. The summed E-state index contributed by atoms with van der Waals surface area (Å²) in [5.74, 6) is 0.966. The Morgan fingerprint density at radius 1 is 1.17 bits per heavy atom. The van der Waals surface area contributed by atoms with E-state index < -0.39 is 0 Å². The van der Waals surface area contributed by atoms with Gasteiger partial charge in [0.05, 0.1) is 12.8 Å². The third-order valence-electron chi connectivity index (χ3n) is 4.39. The fraction of sp³-hybridized carbons (Fsp3) is 0.526. The number of methoxy groups -OCH3 is 1. The highest BCUT2D eigenvalue weighted by Gasteiger charge is 2.09. The van der Waals surface area contributed by atoms with Crippen molar-refractivity contribution in [2.75, 3.05) is 20.2 Å². The molecule has 0 saturated heterocycles. The number of hydrogen-bond donors (Lipinski definition) is 1. The van der Waals surface area contributed by atoms with E-state index in [4.69, 9.17) is 4.74 Å². The van der Waals surface area contributed by atoms with Gasteiger partial charge in [0.25, 0.3) is 0 Å². The van der Waals surface area contributed by atoms with Gasteiger partial charge in [-0.05, 0) is 37.7 Å². The van der Waals surface area contributed by atoms with Crippen LogP contribution >= 0.6 is 0 Å². The van der Waals surface area contributed by atoms with Crippen LogP contribution in [0.15, 0.2) is 24.4 Å². The molecule has 0 radical (unpaired) electrons. The van der Waals surface area contributed by atoms with Gasteiger partial charge in [0.15, 0.2) is 0 Å². The monoisotopic (exact) mass is 330 g/mol. The molecule has 0 aliphatic carbocycles. The summed E-state index contributed by atoms with van der Waals surface area (Å²) in [5.41, 5.74) is 4.86. The van der Waals surface area contributed by atoms with E-state index in [1.54, 1.807) is 7.11 Å². The highest BCUT2D eigenvalue weighted by Crippen LogP contribution is 2.21. The van der Waals surface area contributed by atoms with Crippen LogP contribution in [-0.2, 0) is 26.7 Å². The molecule has 2 aromatic rings. The predicted octanol–water partition coefficient (Wildman–Crippen LogP) is 2.87. The molecule has 5 heteroatoms. The molecule has 1 aromatic heterocycles. The van der Waals surface area contributed by atoms with Gasteiger partial charge in [-0.2, -0.15) is 5.10 Å². The van der Waals surface area contributed by atoms with Crippen LogP contribution in [0.1, 0.15) is 36.2 Å². The van der Waals surface area contributed by atoms with Crippen LogP contribution in [0.2, 0.25) is 0 Å². The Kier molecular flexibility index (Phi) is 6.82. The van der Waals surface area contributed by atoms with Gasteiger partial charge in [-0.3, -0.25) is 9.58 Å². The quantitative estimate of drug-likeness (QED) is 0.768. The molecular weight excluding hydrogens is 300 g/mol. The maximum Gasteiger partial charge on any atom is 0.123 e. The molecule has 0 spiro atoms. The van der Waals surface area contributed by atoms with Crippen molar-refractivity contribution in [3.8, 4) is 5.75 Å². The molecule has 0 saturated carbocycles. The molecule has 5 nitrogen and oxygen atoms in total. The molecule has 1 heterocycles. The van der Waals surface area contributed by atoms with Crippen molar-refractivity contribution in [3.63, 3.8) is 0 Å². The van der Waals surface area contributed by atoms with Crippen LogP contribution < -0.4 is 10.1 Å². The molecule has 24 heavy (non-hydrogen) atoms. The zero-order valence-electron chi connectivity index (χ0n) is 15.6. The van der Waals surface area contributed by atoms with Crippen molar-refractivity contribution < 1.29 is 4.74 Å². The average molecular weight is 330 g/mol. The molecule has 0 amide bonds. The molecule has 1 N–H and O–H groups in total. The van der Waals surface area contributed by atoms with E-state index in [9.17, 15) is 0 Å². The van der Waals surface area contributed by atoms with Crippen LogP contribution in [0.3, 0.4) is 0 Å². The molecule has 0 fully saturated rings. The third kappa shape index (κ3) is 4.82. The first-order valence-corrected chi connectivity index (χ1v) is 8.65. The number of rotatable bonds is 9. The number of benzene rings is 1. The van der Waals surface area contributed by atoms with Gasteiger partial charge in [-0.15, -0.1) is 0 Å². The minimum atomic E-state index is 0.830. The van der Waals surface area contributed by atoms with E-state index in [1.165, 1.54) is 16.7 Å². The number of aromatic nitrogens is 2. The molecule has 0 unspecified atom stereocenters. The lowest BCUT2D eigenvalue weighted by Crippen LogP contribution is -2.22. The van der Waals surface area contributed by atoms with Gasteiger partial charge in [0.2, 0.25) is 0 Å². The average Bonchev–Trinajstić information content (AvgIpc) is 2.90. The van der Waals surface area contributed by atoms with Crippen LogP contribution in [0.25, 0.3) is 0 Å². The molecule has 0 aliphatic rings. The smallest absolute Gasteiger partial charge is 0.123 e. The topological polar surface area (TPSA) is 42.3 Å². The minimum absolute atomic E-state index is 0.830. The zero-order chi connectivity index (χ0) is 17.5. The van der Waals surface area contributed by atoms with Crippen molar-refractivity contribution in [3.05, 3.63) is 46.8 Å². The maximum absolute atomic E-state index is 5.52. The first-order valence-electron chi connectivity index (χ1n) is 8.65. The van der Waals surface area contributed by atoms with Gasteiger partial charge in [0.1, 0.15) is 5.75 Å². The van der Waals surface area contributed by atoms with Crippen molar-refractivity contribution in [1.82, 2.24) is 20.0 Å². The first kappa shape index (κ1) is 18.5. The Morgan fingerprint density at radius 2 is 1.92 bits per heavy atom. The Morgan fingerprint density at radius 3 is 2.50 bits per heavy atom. The van der Waals surface area contributed by atoms with Crippen LogP contribution in [-0.4, -0.2) is 34.9 Å². The van der Waals surface area contributed by atoms with Gasteiger partial charge < -0.3 is 10.1 Å². The van der Waals surface area contributed by atoms with E-state index in [1.807, 2.05) is 18.7 Å². The lowest BCUT2D eigenvalue weighted by Gasteiger charge is -2.20. The van der Waals surface area contributed by atoms with Crippen LogP contribution in [0.4, 0.5) is 0 Å². The summed E-state index contributed by atoms with van der Waals surface area (Å²) in [5, 5.41) is 7.89. The van der Waals surface area contributed by atoms with Crippen molar-refractivity contribution >= 4 is 0 Å². The highest BCUT2D eigenvalue weighted by atomic mass is 16.5. The van der Waals surface area contributed by atoms with Gasteiger partial charge in [0, 0.05) is 44.0 Å². The summed E-state index contributed by atoms with van der Waals surface area (Å²) in [7, 11) is 3.70. The van der Waals surface area contributed by atoms with Crippen LogP contribution in [0.5, 0.6) is 5.75 Å². The summed E-state index contributed by atoms with van der Waals surface area (Å²) >= 11 is 0. The number of nitrogens with one attached hydrogen (secondary N) is 1. The Balaban J connectivity index is 2.01. The molecule has 0 bridgehead atoms. The summed E-state index contributed by atoms with van der Waals surface area (Å²) in [6, 6.07) is 6.46. The number of aryl methyl sites for hydroxylation is 2. The first-order chi connectivity index (χ1) is 11.6. The van der Waals surface area contributed by atoms with Gasteiger partial charge in [-0.25, -0.2) is 0 Å². The molecule has 0 atom stereocenters.